The van der Waals surface area contributed by atoms with Gasteiger partial charge in [-0.05, 0) is 81.4 Å². The highest BCUT2D eigenvalue weighted by Crippen LogP contribution is 2.22. The smallest absolute Gasteiger partial charge is 0.323 e. The first-order valence-corrected chi connectivity index (χ1v) is 11.3. The van der Waals surface area contributed by atoms with Gasteiger partial charge in [0.2, 0.25) is 0 Å². The number of hydrogen-bond acceptors (Lipinski definition) is 4. The van der Waals surface area contributed by atoms with Gasteiger partial charge in [-0.3, -0.25) is 9.03 Å². The van der Waals surface area contributed by atoms with Gasteiger partial charge in [-0.15, -0.1) is 6.58 Å². The summed E-state index contributed by atoms with van der Waals surface area (Å²) in [4.78, 5) is 2.22. The topological polar surface area (TPSA) is 61.9 Å². The van der Waals surface area contributed by atoms with Crippen molar-refractivity contribution in [3.05, 3.63) is 67.0 Å². The van der Waals surface area contributed by atoms with E-state index in [0.717, 1.165) is 36.7 Å². The van der Waals surface area contributed by atoms with Crippen molar-refractivity contribution in [2.75, 3.05) is 42.8 Å². The molecular weight excluding hydrogens is 405 g/mol. The standard InChI is InChI=1S/C22H30FN3O3S/c1-4-16-25(2)17-6-5-7-18-29-22-14-12-21(13-15-22)26(3)30(27,28)24-20-10-8-19(23)9-11-20/h4,8-15,24H,1,5-7,16-18H2,2-3H3. The Balaban J connectivity index is 1.80. The molecular formula is C22H30FN3O3S. The van der Waals surface area contributed by atoms with Crippen molar-refractivity contribution in [3.8, 4) is 5.75 Å². The van der Waals surface area contributed by atoms with E-state index < -0.39 is 16.0 Å². The molecule has 0 fully saturated rings. The van der Waals surface area contributed by atoms with Gasteiger partial charge in [0.25, 0.3) is 0 Å². The maximum absolute atomic E-state index is 13.0. The number of nitrogens with one attached hydrogen (secondary N) is 1. The Hall–Kier alpha value is -2.58. The molecule has 0 amide bonds. The molecule has 0 bridgehead atoms. The van der Waals surface area contributed by atoms with Crippen LogP contribution < -0.4 is 13.8 Å². The summed E-state index contributed by atoms with van der Waals surface area (Å²) in [5.74, 6) is 0.265. The Labute approximate surface area is 179 Å². The Morgan fingerprint density at radius 1 is 1.03 bits per heavy atom. The SMILES string of the molecule is C=CCN(C)CCCCCOc1ccc(N(C)S(=O)(=O)Nc2ccc(F)cc2)cc1. The highest BCUT2D eigenvalue weighted by atomic mass is 32.2. The minimum absolute atomic E-state index is 0.291. The third-order valence-electron chi connectivity index (χ3n) is 4.55. The third kappa shape index (κ3) is 7.68. The first-order valence-electron chi connectivity index (χ1n) is 9.86. The molecule has 0 aliphatic rings. The van der Waals surface area contributed by atoms with E-state index in [4.69, 9.17) is 4.74 Å². The molecule has 0 saturated heterocycles. The van der Waals surface area contributed by atoms with Crippen LogP contribution in [0.3, 0.4) is 0 Å². The molecule has 0 spiro atoms. The molecule has 0 saturated carbocycles. The zero-order valence-corrected chi connectivity index (χ0v) is 18.4. The predicted molar refractivity (Wildman–Crippen MR) is 121 cm³/mol. The second-order valence-corrected chi connectivity index (χ2v) is 8.74. The monoisotopic (exact) mass is 435 g/mol. The van der Waals surface area contributed by atoms with Gasteiger partial charge in [0.05, 0.1) is 18.0 Å². The third-order valence-corrected chi connectivity index (χ3v) is 5.97. The molecule has 164 valence electrons. The van der Waals surface area contributed by atoms with Gasteiger partial charge in [0, 0.05) is 13.6 Å². The normalized spacial score (nSPS) is 11.3. The highest BCUT2D eigenvalue weighted by Gasteiger charge is 2.18. The highest BCUT2D eigenvalue weighted by molar-refractivity contribution is 7.94. The minimum atomic E-state index is -3.82. The van der Waals surface area contributed by atoms with Crippen molar-refractivity contribution in [3.63, 3.8) is 0 Å². The largest absolute Gasteiger partial charge is 0.494 e. The van der Waals surface area contributed by atoms with E-state index in [-0.39, 0.29) is 0 Å². The summed E-state index contributed by atoms with van der Waals surface area (Å²) in [6, 6.07) is 12.0. The molecule has 2 rings (SSSR count). The van der Waals surface area contributed by atoms with E-state index in [1.807, 2.05) is 6.08 Å². The molecule has 0 aliphatic carbocycles. The summed E-state index contributed by atoms with van der Waals surface area (Å²) in [5.41, 5.74) is 0.779. The van der Waals surface area contributed by atoms with Crippen molar-refractivity contribution in [1.29, 1.82) is 0 Å². The van der Waals surface area contributed by atoms with Crippen LogP contribution in [0, 0.1) is 5.82 Å². The molecule has 1 N–H and O–H groups in total. The zero-order valence-electron chi connectivity index (χ0n) is 17.6. The fraction of sp³-hybridized carbons (Fsp3) is 0.364. The molecule has 0 radical (unpaired) electrons. The Kier molecular flexibility index (Phi) is 9.14. The Bertz CT molecular complexity index is 887. The molecule has 0 atom stereocenters. The van der Waals surface area contributed by atoms with E-state index in [9.17, 15) is 12.8 Å². The summed E-state index contributed by atoms with van der Waals surface area (Å²) in [6.07, 6.45) is 5.04. The maximum atomic E-state index is 13.0. The van der Waals surface area contributed by atoms with Crippen molar-refractivity contribution >= 4 is 21.6 Å². The average molecular weight is 436 g/mol. The summed E-state index contributed by atoms with van der Waals surface area (Å²) in [5, 5.41) is 0. The lowest BCUT2D eigenvalue weighted by atomic mass is 10.2. The van der Waals surface area contributed by atoms with Crippen molar-refractivity contribution in [2.45, 2.75) is 19.3 Å². The summed E-state index contributed by atoms with van der Waals surface area (Å²) >= 11 is 0. The fourth-order valence-corrected chi connectivity index (χ4v) is 3.76. The number of rotatable bonds is 13. The molecule has 30 heavy (non-hydrogen) atoms. The molecule has 0 aromatic heterocycles. The fourth-order valence-electron chi connectivity index (χ4n) is 2.79. The number of likely N-dealkylation sites (N-methyl/N-ethyl adjacent to an activating group) is 1. The number of ether oxygens (including phenoxy) is 1. The van der Waals surface area contributed by atoms with Gasteiger partial charge < -0.3 is 9.64 Å². The summed E-state index contributed by atoms with van der Waals surface area (Å²) < 4.78 is 47.3. The van der Waals surface area contributed by atoms with Crippen LogP contribution in [0.15, 0.2) is 61.2 Å². The molecule has 2 aromatic carbocycles. The van der Waals surface area contributed by atoms with Gasteiger partial charge in [-0.1, -0.05) is 6.08 Å². The van der Waals surface area contributed by atoms with E-state index >= 15 is 0 Å². The van der Waals surface area contributed by atoms with Crippen LogP contribution in [0.5, 0.6) is 5.75 Å². The van der Waals surface area contributed by atoms with E-state index in [2.05, 4.69) is 23.2 Å². The van der Waals surface area contributed by atoms with Gasteiger partial charge in [0.1, 0.15) is 11.6 Å². The van der Waals surface area contributed by atoms with E-state index in [1.165, 1.54) is 31.3 Å². The number of benzene rings is 2. The number of nitrogens with zero attached hydrogens (tertiary/aromatic N) is 2. The summed E-state index contributed by atoms with van der Waals surface area (Å²) in [6.45, 7) is 6.28. The Morgan fingerprint density at radius 3 is 2.33 bits per heavy atom. The number of unbranched alkanes of at least 4 members (excludes halogenated alkanes) is 2. The predicted octanol–water partition coefficient (Wildman–Crippen LogP) is 4.29. The lowest BCUT2D eigenvalue weighted by molar-refractivity contribution is 0.296. The lowest BCUT2D eigenvalue weighted by Crippen LogP contribution is -2.32. The second-order valence-electron chi connectivity index (χ2n) is 7.04. The summed E-state index contributed by atoms with van der Waals surface area (Å²) in [7, 11) is -0.296. The van der Waals surface area contributed by atoms with Crippen LogP contribution in [-0.4, -0.2) is 47.1 Å². The van der Waals surface area contributed by atoms with Crippen molar-refractivity contribution < 1.29 is 17.5 Å². The van der Waals surface area contributed by atoms with Crippen LogP contribution in [0.4, 0.5) is 15.8 Å². The van der Waals surface area contributed by atoms with Gasteiger partial charge >= 0.3 is 10.2 Å². The Morgan fingerprint density at radius 2 is 1.70 bits per heavy atom. The number of hydrogen-bond donors (Lipinski definition) is 1. The number of halogens is 1. The molecule has 0 unspecified atom stereocenters. The lowest BCUT2D eigenvalue weighted by Gasteiger charge is -2.20. The first kappa shape index (κ1) is 23.7. The van der Waals surface area contributed by atoms with Gasteiger partial charge in [0.15, 0.2) is 0 Å². The molecule has 6 nitrogen and oxygen atoms in total. The quantitative estimate of drug-likeness (QED) is 0.377. The molecule has 0 heterocycles. The minimum Gasteiger partial charge on any atom is -0.494 e. The van der Waals surface area contributed by atoms with Gasteiger partial charge in [-0.2, -0.15) is 8.42 Å². The molecule has 2 aromatic rings. The maximum Gasteiger partial charge on any atom is 0.323 e. The van der Waals surface area contributed by atoms with Crippen LogP contribution in [0.25, 0.3) is 0 Å². The van der Waals surface area contributed by atoms with E-state index in [0.29, 0.717) is 23.7 Å². The van der Waals surface area contributed by atoms with Crippen LogP contribution in [-0.2, 0) is 10.2 Å². The van der Waals surface area contributed by atoms with Gasteiger partial charge in [-0.25, -0.2) is 4.39 Å². The van der Waals surface area contributed by atoms with Crippen LogP contribution >= 0.6 is 0 Å². The van der Waals surface area contributed by atoms with Crippen molar-refractivity contribution in [2.24, 2.45) is 0 Å². The number of anilines is 2. The molecule has 8 heteroatoms. The first-order chi connectivity index (χ1) is 14.3. The van der Waals surface area contributed by atoms with Crippen LogP contribution in [0.2, 0.25) is 0 Å². The van der Waals surface area contributed by atoms with Crippen molar-refractivity contribution in [1.82, 2.24) is 4.90 Å². The molecule has 0 aliphatic heterocycles. The second kappa shape index (κ2) is 11.6. The van der Waals surface area contributed by atoms with E-state index in [1.54, 1.807) is 24.3 Å². The average Bonchev–Trinajstić information content (AvgIpc) is 2.72. The van der Waals surface area contributed by atoms with Crippen LogP contribution in [0.1, 0.15) is 19.3 Å². The zero-order chi connectivity index (χ0) is 22.0.